The summed E-state index contributed by atoms with van der Waals surface area (Å²) in [6, 6.07) is 8.76. The Balaban J connectivity index is 1.80. The number of nitrogens with zero attached hydrogens (tertiary/aromatic N) is 2. The van der Waals surface area contributed by atoms with Crippen LogP contribution in [0.5, 0.6) is 5.75 Å². The Morgan fingerprint density at radius 1 is 1.29 bits per heavy atom. The molecule has 1 atom stereocenters. The number of pyridine rings is 2. The second kappa shape index (κ2) is 5.65. The van der Waals surface area contributed by atoms with Gasteiger partial charge in [-0.25, -0.2) is 9.78 Å². The largest absolute Gasteiger partial charge is 0.508 e. The molecule has 0 radical (unpaired) electrons. The fourth-order valence-corrected chi connectivity index (χ4v) is 4.30. The molecule has 7 nitrogen and oxygen atoms in total. The molecule has 2 aromatic heterocycles. The van der Waals surface area contributed by atoms with Gasteiger partial charge in [-0.15, -0.1) is 0 Å². The summed E-state index contributed by atoms with van der Waals surface area (Å²) in [5.41, 5.74) is 2.52. The fourth-order valence-electron chi connectivity index (χ4n) is 4.30. The van der Waals surface area contributed by atoms with Crippen molar-refractivity contribution in [1.82, 2.24) is 9.55 Å². The first-order valence-corrected chi connectivity index (χ1v) is 9.11. The summed E-state index contributed by atoms with van der Waals surface area (Å²) in [7, 11) is 1.46. The Morgan fingerprint density at radius 2 is 2.11 bits per heavy atom. The molecule has 7 heteroatoms. The predicted molar refractivity (Wildman–Crippen MR) is 101 cm³/mol. The number of hydrogen-bond donors (Lipinski definition) is 1. The maximum absolute atomic E-state index is 13.2. The van der Waals surface area contributed by atoms with Gasteiger partial charge in [0.25, 0.3) is 5.56 Å². The van der Waals surface area contributed by atoms with E-state index in [1.165, 1.54) is 7.11 Å². The predicted octanol–water partition coefficient (Wildman–Crippen LogP) is 2.44. The lowest BCUT2D eigenvalue weighted by Gasteiger charge is -2.34. The monoisotopic (exact) mass is 378 g/mol. The number of methoxy groups -OCH3 is 1. The van der Waals surface area contributed by atoms with Crippen molar-refractivity contribution >= 4 is 16.9 Å². The van der Waals surface area contributed by atoms with E-state index in [4.69, 9.17) is 14.5 Å². The van der Waals surface area contributed by atoms with Crippen molar-refractivity contribution in [1.29, 1.82) is 0 Å². The zero-order valence-electron chi connectivity index (χ0n) is 15.5. The highest BCUT2D eigenvalue weighted by Gasteiger charge is 2.47. The lowest BCUT2D eigenvalue weighted by Crippen LogP contribution is -2.45. The molecule has 5 rings (SSSR count). The van der Waals surface area contributed by atoms with Gasteiger partial charge < -0.3 is 19.1 Å². The van der Waals surface area contributed by atoms with Gasteiger partial charge in [0.15, 0.2) is 5.60 Å². The van der Waals surface area contributed by atoms with Gasteiger partial charge in [-0.3, -0.25) is 4.79 Å². The third kappa shape index (κ3) is 2.05. The van der Waals surface area contributed by atoms with Crippen LogP contribution in [0.15, 0.2) is 35.1 Å². The van der Waals surface area contributed by atoms with E-state index in [0.29, 0.717) is 35.5 Å². The minimum atomic E-state index is -1.28. The maximum Gasteiger partial charge on any atom is 0.343 e. The van der Waals surface area contributed by atoms with E-state index in [9.17, 15) is 14.7 Å². The van der Waals surface area contributed by atoms with E-state index >= 15 is 0 Å². The molecule has 0 bridgehead atoms. The molecule has 0 saturated heterocycles. The second-order valence-corrected chi connectivity index (χ2v) is 7.15. The number of ether oxygens (including phenoxy) is 2. The van der Waals surface area contributed by atoms with Gasteiger partial charge in [0.1, 0.15) is 12.4 Å². The van der Waals surface area contributed by atoms with E-state index in [2.05, 4.69) is 0 Å². The van der Waals surface area contributed by atoms with Crippen LogP contribution >= 0.6 is 0 Å². The standard InChI is InChI=1S/C21H18N2O5/c1-3-21(27-2)15-8-17-18-12(6-11-7-13(24)4-5-16(11)22-18)9-23(17)19(25)14(15)10-28-20(21)26/h4-8,24H,3,9-10H2,1-2H3. The highest BCUT2D eigenvalue weighted by atomic mass is 16.6. The summed E-state index contributed by atoms with van der Waals surface area (Å²) in [4.78, 5) is 30.4. The van der Waals surface area contributed by atoms with Crippen LogP contribution in [0.3, 0.4) is 0 Å². The molecule has 28 heavy (non-hydrogen) atoms. The first-order chi connectivity index (χ1) is 13.5. The number of phenolic OH excluding ortho intramolecular Hbond substituents is 1. The maximum atomic E-state index is 13.2. The van der Waals surface area contributed by atoms with Crippen molar-refractivity contribution in [2.45, 2.75) is 32.1 Å². The molecule has 142 valence electrons. The van der Waals surface area contributed by atoms with Crippen LogP contribution < -0.4 is 5.56 Å². The molecule has 1 N–H and O–H groups in total. The summed E-state index contributed by atoms with van der Waals surface area (Å²) >= 11 is 0. The first-order valence-electron chi connectivity index (χ1n) is 9.11. The van der Waals surface area contributed by atoms with Crippen LogP contribution in [0.4, 0.5) is 0 Å². The van der Waals surface area contributed by atoms with Crippen molar-refractivity contribution in [2.75, 3.05) is 7.11 Å². The Kier molecular flexibility index (Phi) is 3.42. The average molecular weight is 378 g/mol. The Labute approximate surface area is 160 Å². The van der Waals surface area contributed by atoms with Crippen molar-refractivity contribution in [3.8, 4) is 17.1 Å². The molecule has 0 aliphatic carbocycles. The summed E-state index contributed by atoms with van der Waals surface area (Å²) in [5, 5.41) is 10.5. The molecular formula is C21H18N2O5. The number of benzene rings is 1. The molecule has 0 saturated carbocycles. The molecule has 3 aromatic rings. The van der Waals surface area contributed by atoms with Gasteiger partial charge in [-0.05, 0) is 36.8 Å². The summed E-state index contributed by atoms with van der Waals surface area (Å²) < 4.78 is 12.5. The Hall–Kier alpha value is -3.19. The minimum Gasteiger partial charge on any atom is -0.508 e. The smallest absolute Gasteiger partial charge is 0.343 e. The quantitative estimate of drug-likeness (QED) is 0.539. The van der Waals surface area contributed by atoms with Crippen molar-refractivity contribution in [2.24, 2.45) is 0 Å². The van der Waals surface area contributed by atoms with Gasteiger partial charge in [-0.1, -0.05) is 6.92 Å². The zero-order valence-corrected chi connectivity index (χ0v) is 15.5. The van der Waals surface area contributed by atoms with E-state index in [0.717, 1.165) is 16.5 Å². The highest BCUT2D eigenvalue weighted by molar-refractivity contribution is 5.87. The van der Waals surface area contributed by atoms with E-state index in [-0.39, 0.29) is 17.9 Å². The lowest BCUT2D eigenvalue weighted by molar-refractivity contribution is -0.176. The highest BCUT2D eigenvalue weighted by Crippen LogP contribution is 2.40. The van der Waals surface area contributed by atoms with Crippen LogP contribution in [0.2, 0.25) is 0 Å². The number of fused-ring (bicyclic) bond motifs is 5. The van der Waals surface area contributed by atoms with Gasteiger partial charge in [0.05, 0.1) is 29.0 Å². The van der Waals surface area contributed by atoms with Crippen LogP contribution in [0.25, 0.3) is 22.3 Å². The third-order valence-corrected chi connectivity index (χ3v) is 5.81. The molecule has 4 heterocycles. The summed E-state index contributed by atoms with van der Waals surface area (Å²) in [6.07, 6.45) is 0.357. The van der Waals surface area contributed by atoms with Gasteiger partial charge in [0.2, 0.25) is 0 Å². The first kappa shape index (κ1) is 16.9. The van der Waals surface area contributed by atoms with Crippen LogP contribution in [0.1, 0.15) is 30.0 Å². The van der Waals surface area contributed by atoms with E-state index in [1.54, 1.807) is 22.8 Å². The number of carbonyl (C=O) groups is 1. The third-order valence-electron chi connectivity index (χ3n) is 5.81. The number of rotatable bonds is 2. The van der Waals surface area contributed by atoms with Crippen LogP contribution in [-0.4, -0.2) is 27.7 Å². The minimum absolute atomic E-state index is 0.0575. The topological polar surface area (TPSA) is 90.7 Å². The van der Waals surface area contributed by atoms with Crippen molar-refractivity contribution in [3.63, 3.8) is 0 Å². The molecule has 0 spiro atoms. The van der Waals surface area contributed by atoms with Crippen LogP contribution in [-0.2, 0) is 33.0 Å². The zero-order chi connectivity index (χ0) is 19.6. The van der Waals surface area contributed by atoms with Crippen molar-refractivity contribution < 1.29 is 19.4 Å². The molecule has 0 fully saturated rings. The number of aromatic hydroxyl groups is 1. The summed E-state index contributed by atoms with van der Waals surface area (Å²) in [6.45, 7) is 2.16. The molecule has 0 amide bonds. The molecule has 2 aliphatic heterocycles. The molecular weight excluding hydrogens is 360 g/mol. The number of phenols is 1. The molecule has 1 aromatic carbocycles. The number of cyclic esters (lactones) is 1. The normalized spacial score (nSPS) is 19.9. The number of esters is 1. The van der Waals surface area contributed by atoms with Crippen LogP contribution in [0, 0.1) is 0 Å². The van der Waals surface area contributed by atoms with E-state index in [1.807, 2.05) is 19.1 Å². The Bertz CT molecular complexity index is 1220. The number of aromatic nitrogens is 2. The number of hydrogen-bond acceptors (Lipinski definition) is 6. The van der Waals surface area contributed by atoms with Gasteiger partial charge in [0, 0.05) is 23.6 Å². The second-order valence-electron chi connectivity index (χ2n) is 7.15. The van der Waals surface area contributed by atoms with E-state index < -0.39 is 11.6 Å². The SMILES string of the molecule is CCC1(OC)C(=O)OCc2c1cc1n(c2=O)Cc2cc3cc(O)ccc3nc2-1. The van der Waals surface area contributed by atoms with Gasteiger partial charge in [-0.2, -0.15) is 0 Å². The Morgan fingerprint density at radius 3 is 2.86 bits per heavy atom. The lowest BCUT2D eigenvalue weighted by atomic mass is 9.85. The van der Waals surface area contributed by atoms with Gasteiger partial charge >= 0.3 is 5.97 Å². The summed E-state index contributed by atoms with van der Waals surface area (Å²) in [5.74, 6) is -0.310. The number of carbonyl (C=O) groups excluding carboxylic acids is 1. The average Bonchev–Trinajstić information content (AvgIpc) is 3.05. The molecule has 2 aliphatic rings. The molecule has 1 unspecified atom stereocenters. The fraction of sp³-hybridized carbons (Fsp3) is 0.286. The van der Waals surface area contributed by atoms with Crippen molar-refractivity contribution in [3.05, 3.63) is 57.4 Å².